The van der Waals surface area contributed by atoms with Gasteiger partial charge in [0.1, 0.15) is 6.04 Å². The number of carbonyl (C=O) groups is 1. The van der Waals surface area contributed by atoms with Crippen molar-refractivity contribution in [2.45, 2.75) is 39.3 Å². The monoisotopic (exact) mass is 296 g/mol. The third kappa shape index (κ3) is 5.03. The maximum atomic E-state index is 11.1. The summed E-state index contributed by atoms with van der Waals surface area (Å²) in [6, 6.07) is 4.09. The van der Waals surface area contributed by atoms with Crippen LogP contribution >= 0.6 is 0 Å². The quantitative estimate of drug-likeness (QED) is 0.563. The number of hydrogen-bond donors (Lipinski definition) is 2. The Labute approximate surface area is 123 Å². The van der Waals surface area contributed by atoms with E-state index < -0.39 is 16.9 Å². The lowest BCUT2D eigenvalue weighted by Gasteiger charge is -2.17. The van der Waals surface area contributed by atoms with Crippen LogP contribution in [0.2, 0.25) is 0 Å². The lowest BCUT2D eigenvalue weighted by Crippen LogP contribution is -2.41. The number of carboxylic acids is 1. The number of aliphatic carboxylic acids is 1. The number of nitro groups is 1. The van der Waals surface area contributed by atoms with Crippen LogP contribution in [0.3, 0.4) is 0 Å². The van der Waals surface area contributed by atoms with E-state index in [1.54, 1.807) is 19.1 Å². The summed E-state index contributed by atoms with van der Waals surface area (Å²) in [5, 5.41) is 23.0. The molecule has 116 valence electrons. The Morgan fingerprint density at radius 2 is 2.14 bits per heavy atom. The maximum Gasteiger partial charge on any atom is 0.320 e. The van der Waals surface area contributed by atoms with Crippen molar-refractivity contribution in [3.63, 3.8) is 0 Å². The standard InChI is InChI=1S/C14H20N2O5/c1-9(2)15-11(14(17)18)7-8-21-12-6-4-5-10(3)13(12)16(19)20/h4-6,9,11,15H,7-8H2,1-3H3,(H,17,18). The van der Waals surface area contributed by atoms with Crippen molar-refractivity contribution in [2.75, 3.05) is 6.61 Å². The Hall–Kier alpha value is -2.15. The lowest BCUT2D eigenvalue weighted by molar-refractivity contribution is -0.386. The highest BCUT2D eigenvalue weighted by Gasteiger charge is 2.21. The van der Waals surface area contributed by atoms with E-state index in [1.807, 2.05) is 13.8 Å². The third-order valence-electron chi connectivity index (χ3n) is 2.88. The molecule has 0 amide bonds. The fourth-order valence-electron chi connectivity index (χ4n) is 1.95. The molecule has 2 N–H and O–H groups in total. The number of rotatable bonds is 8. The third-order valence-corrected chi connectivity index (χ3v) is 2.88. The van der Waals surface area contributed by atoms with Gasteiger partial charge in [0.15, 0.2) is 5.75 Å². The normalized spacial score (nSPS) is 12.2. The topological polar surface area (TPSA) is 102 Å². The molecule has 1 aromatic rings. The van der Waals surface area contributed by atoms with Crippen molar-refractivity contribution in [3.8, 4) is 5.75 Å². The summed E-state index contributed by atoms with van der Waals surface area (Å²) in [5.74, 6) is -0.806. The number of benzene rings is 1. The molecule has 0 saturated heterocycles. The predicted octanol–water partition coefficient (Wildman–Crippen LogP) is 2.12. The smallest absolute Gasteiger partial charge is 0.320 e. The Balaban J connectivity index is 2.69. The van der Waals surface area contributed by atoms with Gasteiger partial charge in [0.25, 0.3) is 0 Å². The Morgan fingerprint density at radius 3 is 2.67 bits per heavy atom. The van der Waals surface area contributed by atoms with Crippen LogP contribution in [0.1, 0.15) is 25.8 Å². The second kappa shape index (κ2) is 7.58. The van der Waals surface area contributed by atoms with Crippen molar-refractivity contribution in [1.82, 2.24) is 5.32 Å². The number of aryl methyl sites for hydroxylation is 1. The maximum absolute atomic E-state index is 11.1. The average molecular weight is 296 g/mol. The summed E-state index contributed by atoms with van der Waals surface area (Å²) in [5.41, 5.74) is 0.425. The first-order valence-corrected chi connectivity index (χ1v) is 6.68. The molecule has 0 saturated carbocycles. The fourth-order valence-corrected chi connectivity index (χ4v) is 1.95. The molecule has 1 atom stereocenters. The fraction of sp³-hybridized carbons (Fsp3) is 0.500. The molecule has 0 radical (unpaired) electrons. The molecule has 1 unspecified atom stereocenters. The van der Waals surface area contributed by atoms with Gasteiger partial charge < -0.3 is 15.2 Å². The first kappa shape index (κ1) is 16.9. The largest absolute Gasteiger partial charge is 0.487 e. The molecular formula is C14H20N2O5. The van der Waals surface area contributed by atoms with Crippen LogP contribution in [0, 0.1) is 17.0 Å². The Morgan fingerprint density at radius 1 is 1.48 bits per heavy atom. The van der Waals surface area contributed by atoms with Gasteiger partial charge in [-0.1, -0.05) is 26.0 Å². The number of nitrogens with zero attached hydrogens (tertiary/aromatic N) is 1. The molecule has 21 heavy (non-hydrogen) atoms. The number of carboxylic acid groups (broad SMARTS) is 1. The van der Waals surface area contributed by atoms with E-state index in [1.165, 1.54) is 6.07 Å². The van der Waals surface area contributed by atoms with Crippen molar-refractivity contribution < 1.29 is 19.6 Å². The predicted molar refractivity (Wildman–Crippen MR) is 77.6 cm³/mol. The van der Waals surface area contributed by atoms with Gasteiger partial charge in [-0.05, 0) is 13.0 Å². The summed E-state index contributed by atoms with van der Waals surface area (Å²) in [6.07, 6.45) is 0.221. The van der Waals surface area contributed by atoms with Crippen LogP contribution in [0.4, 0.5) is 5.69 Å². The molecule has 7 heteroatoms. The van der Waals surface area contributed by atoms with E-state index >= 15 is 0 Å². The van der Waals surface area contributed by atoms with Gasteiger partial charge in [-0.25, -0.2) is 0 Å². The molecule has 0 aromatic heterocycles. The summed E-state index contributed by atoms with van der Waals surface area (Å²) in [4.78, 5) is 21.6. The van der Waals surface area contributed by atoms with Crippen LogP contribution in [0.5, 0.6) is 5.75 Å². The van der Waals surface area contributed by atoms with E-state index in [2.05, 4.69) is 5.32 Å². The molecule has 0 aliphatic heterocycles. The zero-order chi connectivity index (χ0) is 16.0. The van der Waals surface area contributed by atoms with Gasteiger partial charge in [0, 0.05) is 18.0 Å². The van der Waals surface area contributed by atoms with Crippen LogP contribution in [0.15, 0.2) is 18.2 Å². The van der Waals surface area contributed by atoms with Crippen molar-refractivity contribution >= 4 is 11.7 Å². The Kier molecular flexibility index (Phi) is 6.10. The molecular weight excluding hydrogens is 276 g/mol. The SMILES string of the molecule is Cc1cccc(OCCC(NC(C)C)C(=O)O)c1[N+](=O)[O-]. The molecule has 0 heterocycles. The van der Waals surface area contributed by atoms with Crippen LogP contribution < -0.4 is 10.1 Å². The summed E-state index contributed by atoms with van der Waals surface area (Å²) in [6.45, 7) is 5.41. The molecule has 0 bridgehead atoms. The molecule has 1 rings (SSSR count). The summed E-state index contributed by atoms with van der Waals surface area (Å²) in [7, 11) is 0. The first-order chi connectivity index (χ1) is 9.82. The molecule has 7 nitrogen and oxygen atoms in total. The Bertz CT molecular complexity index is 516. The molecule has 1 aromatic carbocycles. The molecule has 0 spiro atoms. The number of para-hydroxylation sites is 1. The van der Waals surface area contributed by atoms with Crippen molar-refractivity contribution in [3.05, 3.63) is 33.9 Å². The van der Waals surface area contributed by atoms with E-state index in [-0.39, 0.29) is 30.5 Å². The van der Waals surface area contributed by atoms with Crippen LogP contribution in [0.25, 0.3) is 0 Å². The van der Waals surface area contributed by atoms with Crippen LogP contribution in [-0.2, 0) is 4.79 Å². The van der Waals surface area contributed by atoms with E-state index in [4.69, 9.17) is 9.84 Å². The number of nitro benzene ring substituents is 1. The van der Waals surface area contributed by atoms with E-state index in [0.29, 0.717) is 5.56 Å². The summed E-state index contributed by atoms with van der Waals surface area (Å²) >= 11 is 0. The van der Waals surface area contributed by atoms with Crippen molar-refractivity contribution in [1.29, 1.82) is 0 Å². The number of hydrogen-bond acceptors (Lipinski definition) is 5. The van der Waals surface area contributed by atoms with Gasteiger partial charge in [0.2, 0.25) is 0 Å². The second-order valence-electron chi connectivity index (χ2n) is 5.03. The second-order valence-corrected chi connectivity index (χ2v) is 5.03. The molecule has 0 aliphatic carbocycles. The first-order valence-electron chi connectivity index (χ1n) is 6.68. The minimum absolute atomic E-state index is 0.0272. The zero-order valence-electron chi connectivity index (χ0n) is 12.3. The number of nitrogens with one attached hydrogen (secondary N) is 1. The highest BCUT2D eigenvalue weighted by Crippen LogP contribution is 2.30. The highest BCUT2D eigenvalue weighted by atomic mass is 16.6. The minimum Gasteiger partial charge on any atom is -0.487 e. The zero-order valence-corrected chi connectivity index (χ0v) is 12.3. The van der Waals surface area contributed by atoms with Gasteiger partial charge >= 0.3 is 11.7 Å². The van der Waals surface area contributed by atoms with Gasteiger partial charge in [0.05, 0.1) is 11.5 Å². The summed E-state index contributed by atoms with van der Waals surface area (Å²) < 4.78 is 5.40. The van der Waals surface area contributed by atoms with Gasteiger partial charge in [-0.2, -0.15) is 0 Å². The average Bonchev–Trinajstić information content (AvgIpc) is 2.36. The number of ether oxygens (including phenoxy) is 1. The molecule has 0 fully saturated rings. The molecule has 0 aliphatic rings. The van der Waals surface area contributed by atoms with Crippen molar-refractivity contribution in [2.24, 2.45) is 0 Å². The lowest BCUT2D eigenvalue weighted by atomic mass is 10.2. The van der Waals surface area contributed by atoms with E-state index in [9.17, 15) is 14.9 Å². The van der Waals surface area contributed by atoms with Gasteiger partial charge in [-0.15, -0.1) is 0 Å². The minimum atomic E-state index is -0.967. The highest BCUT2D eigenvalue weighted by molar-refractivity contribution is 5.73. The van der Waals surface area contributed by atoms with Crippen LogP contribution in [-0.4, -0.2) is 34.7 Å². The van der Waals surface area contributed by atoms with E-state index in [0.717, 1.165) is 0 Å². The van der Waals surface area contributed by atoms with Gasteiger partial charge in [-0.3, -0.25) is 14.9 Å².